The van der Waals surface area contributed by atoms with Gasteiger partial charge in [-0.2, -0.15) is 9.97 Å². The maximum atomic E-state index is 14.5. The summed E-state index contributed by atoms with van der Waals surface area (Å²) >= 11 is 0. The zero-order valence-electron chi connectivity index (χ0n) is 19.4. The van der Waals surface area contributed by atoms with Gasteiger partial charge in [-0.15, -0.1) is 10.2 Å². The Morgan fingerprint density at radius 3 is 2.83 bits per heavy atom. The maximum Gasteiger partial charge on any atom is 0.324 e. The highest BCUT2D eigenvalue weighted by Crippen LogP contribution is 2.46. The molecule has 4 aromatic rings. The monoisotopic (exact) mass is 473 g/mol. The fourth-order valence-electron chi connectivity index (χ4n) is 4.82. The summed E-state index contributed by atoms with van der Waals surface area (Å²) < 4.78 is 22.4. The number of hydrogen-bond donors (Lipinski definition) is 2. The second kappa shape index (κ2) is 8.27. The van der Waals surface area contributed by atoms with Gasteiger partial charge in [0, 0.05) is 62.7 Å². The normalized spacial score (nSPS) is 16.3. The first-order valence-electron chi connectivity index (χ1n) is 11.4. The van der Waals surface area contributed by atoms with E-state index in [-0.39, 0.29) is 17.9 Å². The summed E-state index contributed by atoms with van der Waals surface area (Å²) in [4.78, 5) is 15.9. The van der Waals surface area contributed by atoms with E-state index in [1.54, 1.807) is 36.4 Å². The second-order valence-electron chi connectivity index (χ2n) is 8.83. The van der Waals surface area contributed by atoms with Crippen molar-refractivity contribution < 1.29 is 9.13 Å². The third-order valence-electron chi connectivity index (χ3n) is 6.46. The minimum atomic E-state index is -0.308. The number of halogens is 1. The first-order valence-corrected chi connectivity index (χ1v) is 11.4. The summed E-state index contributed by atoms with van der Waals surface area (Å²) in [6.45, 7) is 1.42. The van der Waals surface area contributed by atoms with E-state index in [4.69, 9.17) is 20.4 Å². The average molecular weight is 474 g/mol. The van der Waals surface area contributed by atoms with E-state index in [1.807, 2.05) is 13.1 Å². The topological polar surface area (TPSA) is 120 Å². The van der Waals surface area contributed by atoms with E-state index in [9.17, 15) is 4.39 Å². The third-order valence-corrected chi connectivity index (χ3v) is 6.46. The van der Waals surface area contributed by atoms with Gasteiger partial charge in [0.05, 0.1) is 11.9 Å². The van der Waals surface area contributed by atoms with Crippen LogP contribution in [0, 0.1) is 5.82 Å². The minimum absolute atomic E-state index is 0.0542. The molecular formula is C24H24FN9O. The van der Waals surface area contributed by atoms with Crippen molar-refractivity contribution in [2.45, 2.75) is 18.9 Å². The molecule has 35 heavy (non-hydrogen) atoms. The molecule has 10 nitrogen and oxygen atoms in total. The number of nitrogens with one attached hydrogen (secondary N) is 1. The third kappa shape index (κ3) is 3.73. The van der Waals surface area contributed by atoms with E-state index in [0.717, 1.165) is 46.6 Å². The molecule has 4 heterocycles. The zero-order chi connectivity index (χ0) is 24.1. The Kier molecular flexibility index (Phi) is 5.06. The average Bonchev–Trinajstić information content (AvgIpc) is 3.56. The standard InChI is InChI=1S/C24H24FN9O/c1-27-19-7-14(25)6-18-17(19)8-20-21(18)23(34-4-3-15(26)11-34)31-24(30-20)35-16-5-13(9-28-10-16)22-32-29-12-33(22)2/h5-7,9-10,12,15,27H,3-4,8,11,26H2,1-2H3/t15-/m1/s1. The Balaban J connectivity index is 1.43. The largest absolute Gasteiger partial charge is 0.423 e. The number of anilines is 2. The van der Waals surface area contributed by atoms with Gasteiger partial charge in [0.1, 0.15) is 23.7 Å². The van der Waals surface area contributed by atoms with Crippen LogP contribution >= 0.6 is 0 Å². The molecule has 3 N–H and O–H groups in total. The number of aromatic nitrogens is 6. The number of fused-ring (bicyclic) bond motifs is 3. The van der Waals surface area contributed by atoms with Crippen molar-refractivity contribution in [2.24, 2.45) is 12.8 Å². The predicted octanol–water partition coefficient (Wildman–Crippen LogP) is 2.75. The molecule has 1 saturated heterocycles. The van der Waals surface area contributed by atoms with E-state index < -0.39 is 0 Å². The summed E-state index contributed by atoms with van der Waals surface area (Å²) in [7, 11) is 3.65. The van der Waals surface area contributed by atoms with Crippen molar-refractivity contribution in [2.75, 3.05) is 30.4 Å². The van der Waals surface area contributed by atoms with E-state index in [2.05, 4.69) is 25.4 Å². The molecule has 0 spiro atoms. The quantitative estimate of drug-likeness (QED) is 0.397. The number of benzene rings is 1. The zero-order valence-corrected chi connectivity index (χ0v) is 19.4. The van der Waals surface area contributed by atoms with Gasteiger partial charge in [-0.25, -0.2) is 4.39 Å². The van der Waals surface area contributed by atoms with E-state index in [1.165, 1.54) is 6.07 Å². The highest BCUT2D eigenvalue weighted by molar-refractivity contribution is 5.88. The van der Waals surface area contributed by atoms with Crippen molar-refractivity contribution in [1.29, 1.82) is 0 Å². The number of ether oxygens (including phenoxy) is 1. The molecule has 0 radical (unpaired) electrons. The molecule has 0 unspecified atom stereocenters. The maximum absolute atomic E-state index is 14.5. The van der Waals surface area contributed by atoms with Gasteiger partial charge in [0.15, 0.2) is 5.82 Å². The minimum Gasteiger partial charge on any atom is -0.423 e. The number of rotatable bonds is 5. The van der Waals surface area contributed by atoms with E-state index in [0.29, 0.717) is 30.4 Å². The summed E-state index contributed by atoms with van der Waals surface area (Å²) in [5.74, 6) is 1.55. The number of nitrogens with zero attached hydrogens (tertiary/aromatic N) is 7. The van der Waals surface area contributed by atoms with E-state index >= 15 is 0 Å². The van der Waals surface area contributed by atoms with Gasteiger partial charge >= 0.3 is 6.01 Å². The van der Waals surface area contributed by atoms with Crippen LogP contribution in [0.3, 0.4) is 0 Å². The molecule has 1 aliphatic carbocycles. The Morgan fingerprint density at radius 1 is 1.20 bits per heavy atom. The fourth-order valence-corrected chi connectivity index (χ4v) is 4.82. The molecule has 178 valence electrons. The molecule has 1 aromatic carbocycles. The first-order chi connectivity index (χ1) is 17.0. The van der Waals surface area contributed by atoms with Gasteiger partial charge < -0.3 is 25.3 Å². The number of aryl methyl sites for hydroxylation is 1. The van der Waals surface area contributed by atoms with Crippen molar-refractivity contribution in [3.05, 3.63) is 54.0 Å². The van der Waals surface area contributed by atoms with Crippen LogP contribution in [0.4, 0.5) is 15.9 Å². The molecule has 6 rings (SSSR count). The smallest absolute Gasteiger partial charge is 0.324 e. The molecule has 0 bridgehead atoms. The van der Waals surface area contributed by atoms with Crippen LogP contribution in [0.1, 0.15) is 17.7 Å². The molecule has 1 atom stereocenters. The Hall–Kier alpha value is -4.12. The molecular weight excluding hydrogens is 449 g/mol. The predicted molar refractivity (Wildman–Crippen MR) is 129 cm³/mol. The Morgan fingerprint density at radius 2 is 2.09 bits per heavy atom. The van der Waals surface area contributed by atoms with Crippen LogP contribution in [0.5, 0.6) is 11.8 Å². The highest BCUT2D eigenvalue weighted by atomic mass is 19.1. The summed E-state index contributed by atoms with van der Waals surface area (Å²) in [5.41, 5.74) is 11.1. The van der Waals surface area contributed by atoms with Gasteiger partial charge in [-0.1, -0.05) is 0 Å². The first kappa shape index (κ1) is 21.4. The molecule has 2 aliphatic rings. The number of hydrogen-bond acceptors (Lipinski definition) is 9. The van der Waals surface area contributed by atoms with Crippen molar-refractivity contribution in [3.8, 4) is 34.3 Å². The highest BCUT2D eigenvalue weighted by Gasteiger charge is 2.32. The lowest BCUT2D eigenvalue weighted by molar-refractivity contribution is 0.438. The lowest BCUT2D eigenvalue weighted by atomic mass is 10.0. The van der Waals surface area contributed by atoms with Gasteiger partial charge in [-0.05, 0) is 35.7 Å². The second-order valence-corrected chi connectivity index (χ2v) is 8.83. The number of nitrogens with two attached hydrogens (primary N) is 1. The SMILES string of the molecule is CNc1cc(F)cc2c1Cc1nc(Oc3cncc(-c4nncn4C)c3)nc(N3CC[C@@H](N)C3)c1-2. The van der Waals surface area contributed by atoms with Crippen LogP contribution in [0.15, 0.2) is 36.9 Å². The van der Waals surface area contributed by atoms with Crippen LogP contribution < -0.4 is 20.7 Å². The fraction of sp³-hybridized carbons (Fsp3) is 0.292. The molecule has 3 aromatic heterocycles. The van der Waals surface area contributed by atoms with Crippen molar-refractivity contribution in [3.63, 3.8) is 0 Å². The van der Waals surface area contributed by atoms with Crippen molar-refractivity contribution >= 4 is 11.5 Å². The van der Waals surface area contributed by atoms with Gasteiger partial charge in [0.25, 0.3) is 0 Å². The van der Waals surface area contributed by atoms with Gasteiger partial charge in [0.2, 0.25) is 0 Å². The lowest BCUT2D eigenvalue weighted by Crippen LogP contribution is -2.27. The summed E-state index contributed by atoms with van der Waals surface area (Å²) in [6, 6.07) is 5.14. The Labute approximate surface area is 201 Å². The summed E-state index contributed by atoms with van der Waals surface area (Å²) in [6.07, 6.45) is 6.33. The molecule has 0 amide bonds. The van der Waals surface area contributed by atoms with Crippen LogP contribution in [0.25, 0.3) is 22.5 Å². The lowest BCUT2D eigenvalue weighted by Gasteiger charge is -2.21. The van der Waals surface area contributed by atoms with Crippen molar-refractivity contribution in [1.82, 2.24) is 29.7 Å². The molecule has 11 heteroatoms. The van der Waals surface area contributed by atoms with Crippen LogP contribution in [0.2, 0.25) is 0 Å². The van der Waals surface area contributed by atoms with Crippen LogP contribution in [-0.2, 0) is 13.5 Å². The molecule has 1 fully saturated rings. The summed E-state index contributed by atoms with van der Waals surface area (Å²) in [5, 5.41) is 11.2. The van der Waals surface area contributed by atoms with Gasteiger partial charge in [-0.3, -0.25) is 4.98 Å². The number of pyridine rings is 1. The molecule has 1 aliphatic heterocycles. The Bertz CT molecular complexity index is 1440. The van der Waals surface area contributed by atoms with Crippen LogP contribution in [-0.4, -0.2) is 55.9 Å². The molecule has 0 saturated carbocycles.